The third-order valence-electron chi connectivity index (χ3n) is 4.63. The summed E-state index contributed by atoms with van der Waals surface area (Å²) in [5.41, 5.74) is 3.50. The molecule has 4 rings (SSSR count). The van der Waals surface area contributed by atoms with Gasteiger partial charge in [0.1, 0.15) is 17.2 Å². The Bertz CT molecular complexity index is 1210. The molecule has 0 saturated heterocycles. The third-order valence-corrected chi connectivity index (χ3v) is 4.63. The number of aromatic nitrogens is 2. The summed E-state index contributed by atoms with van der Waals surface area (Å²) in [6, 6.07) is 15.4. The molecule has 0 aliphatic rings. The van der Waals surface area contributed by atoms with Crippen LogP contribution in [0.1, 0.15) is 28.4 Å². The molecule has 0 fully saturated rings. The lowest BCUT2D eigenvalue weighted by molar-refractivity contribution is -0.116. The quantitative estimate of drug-likeness (QED) is 0.515. The second kappa shape index (κ2) is 7.19. The van der Waals surface area contributed by atoms with Gasteiger partial charge >= 0.3 is 0 Å². The highest BCUT2D eigenvalue weighted by Crippen LogP contribution is 2.32. The average Bonchev–Trinajstić information content (AvgIpc) is 3.12. The zero-order valence-electron chi connectivity index (χ0n) is 15.2. The monoisotopic (exact) mass is 372 g/mol. The van der Waals surface area contributed by atoms with Crippen molar-refractivity contribution in [2.24, 2.45) is 0 Å². The van der Waals surface area contributed by atoms with E-state index >= 15 is 0 Å². The first-order valence-electron chi connectivity index (χ1n) is 8.88. The third kappa shape index (κ3) is 3.22. The normalized spacial score (nSPS) is 10.9. The number of carbonyl (C=O) groups excluding carboxylic acids is 2. The first-order valence-corrected chi connectivity index (χ1v) is 8.88. The number of H-pyrrole nitrogens is 1. The van der Waals surface area contributed by atoms with Crippen LogP contribution in [0.2, 0.25) is 0 Å². The number of ketones is 2. The Morgan fingerprint density at radius 3 is 2.64 bits per heavy atom. The lowest BCUT2D eigenvalue weighted by atomic mass is 9.95. The van der Waals surface area contributed by atoms with Crippen LogP contribution in [-0.4, -0.2) is 21.5 Å². The van der Waals surface area contributed by atoms with Crippen molar-refractivity contribution in [3.8, 4) is 11.1 Å². The number of nitrogens with zero attached hydrogens (tertiary/aromatic N) is 1. The Kier molecular flexibility index (Phi) is 4.57. The maximum absolute atomic E-state index is 14.2. The molecule has 138 valence electrons. The summed E-state index contributed by atoms with van der Waals surface area (Å²) in [6.07, 6.45) is 3.56. The van der Waals surface area contributed by atoms with Crippen LogP contribution in [0.4, 0.5) is 4.39 Å². The maximum atomic E-state index is 14.2. The number of hydrogen-bond donors (Lipinski definition) is 1. The second-order valence-electron chi connectivity index (χ2n) is 6.67. The van der Waals surface area contributed by atoms with Crippen LogP contribution in [0, 0.1) is 5.82 Å². The predicted octanol–water partition coefficient (Wildman–Crippen LogP) is 4.73. The molecule has 4 nitrogen and oxygen atoms in total. The van der Waals surface area contributed by atoms with E-state index in [1.54, 1.807) is 31.5 Å². The van der Waals surface area contributed by atoms with Crippen LogP contribution in [0.15, 0.2) is 67.0 Å². The number of fused-ring (bicyclic) bond motifs is 1. The Morgan fingerprint density at radius 2 is 1.86 bits per heavy atom. The highest BCUT2D eigenvalue weighted by atomic mass is 19.1. The van der Waals surface area contributed by atoms with Gasteiger partial charge in [-0.3, -0.25) is 9.59 Å². The van der Waals surface area contributed by atoms with Crippen LogP contribution >= 0.6 is 0 Å². The van der Waals surface area contributed by atoms with Gasteiger partial charge in [0.05, 0.1) is 11.1 Å². The Hall–Kier alpha value is -3.60. The molecule has 2 heterocycles. The Balaban J connectivity index is 1.88. The number of pyridine rings is 1. The van der Waals surface area contributed by atoms with Crippen LogP contribution in [0.3, 0.4) is 0 Å². The number of Topliss-reactive ketones (excluding diaryl/α,β-unsaturated/α-hetero) is 1. The van der Waals surface area contributed by atoms with Crippen LogP contribution < -0.4 is 0 Å². The highest BCUT2D eigenvalue weighted by molar-refractivity contribution is 6.18. The minimum atomic E-state index is -0.559. The standard InChI is InChI=1S/C23H17FN2O2/c1-14(27)11-15-5-4-6-16(12-15)17-9-10-25-23-21(17)19(13-26-23)22(28)18-7-2-3-8-20(18)24/h2-10,12-13H,11H2,1H3,(H,25,26). The summed E-state index contributed by atoms with van der Waals surface area (Å²) < 4.78 is 14.2. The molecule has 0 aliphatic carbocycles. The molecule has 0 saturated carbocycles. The van der Waals surface area contributed by atoms with Gasteiger partial charge in [0.15, 0.2) is 5.78 Å². The van der Waals surface area contributed by atoms with Gasteiger partial charge in [-0.15, -0.1) is 0 Å². The van der Waals surface area contributed by atoms with Gasteiger partial charge in [0, 0.05) is 24.2 Å². The number of halogens is 1. The van der Waals surface area contributed by atoms with Crippen molar-refractivity contribution in [1.29, 1.82) is 0 Å². The molecule has 0 amide bonds. The van der Waals surface area contributed by atoms with Crippen molar-refractivity contribution in [1.82, 2.24) is 9.97 Å². The number of hydrogen-bond acceptors (Lipinski definition) is 3. The van der Waals surface area contributed by atoms with Crippen LogP contribution in [-0.2, 0) is 11.2 Å². The SMILES string of the molecule is CC(=O)Cc1cccc(-c2ccnc3[nH]cc(C(=O)c4ccccc4F)c23)c1. The lowest BCUT2D eigenvalue weighted by Gasteiger charge is -2.08. The molecule has 28 heavy (non-hydrogen) atoms. The van der Waals surface area contributed by atoms with Gasteiger partial charge in [-0.05, 0) is 41.8 Å². The zero-order chi connectivity index (χ0) is 19.7. The smallest absolute Gasteiger partial charge is 0.198 e. The van der Waals surface area contributed by atoms with E-state index < -0.39 is 11.6 Å². The number of benzene rings is 2. The summed E-state index contributed by atoms with van der Waals surface area (Å²) in [4.78, 5) is 31.8. The van der Waals surface area contributed by atoms with E-state index in [0.717, 1.165) is 16.7 Å². The molecule has 0 atom stereocenters. The molecule has 0 radical (unpaired) electrons. The molecule has 4 aromatic rings. The van der Waals surface area contributed by atoms with Gasteiger partial charge in [0.2, 0.25) is 0 Å². The van der Waals surface area contributed by atoms with Gasteiger partial charge in [0.25, 0.3) is 0 Å². The van der Waals surface area contributed by atoms with E-state index in [0.29, 0.717) is 23.0 Å². The zero-order valence-corrected chi connectivity index (χ0v) is 15.2. The van der Waals surface area contributed by atoms with E-state index in [2.05, 4.69) is 9.97 Å². The van der Waals surface area contributed by atoms with Crippen molar-refractivity contribution in [2.75, 3.05) is 0 Å². The number of nitrogens with one attached hydrogen (secondary N) is 1. The van der Waals surface area contributed by atoms with Crippen LogP contribution in [0.5, 0.6) is 0 Å². The predicted molar refractivity (Wildman–Crippen MR) is 106 cm³/mol. The van der Waals surface area contributed by atoms with E-state index in [1.165, 1.54) is 12.1 Å². The maximum Gasteiger partial charge on any atom is 0.198 e. The van der Waals surface area contributed by atoms with Crippen molar-refractivity contribution in [2.45, 2.75) is 13.3 Å². The molecule has 2 aromatic carbocycles. The molecule has 0 unspecified atom stereocenters. The largest absolute Gasteiger partial charge is 0.345 e. The molecule has 2 aromatic heterocycles. The summed E-state index contributed by atoms with van der Waals surface area (Å²) in [5.74, 6) is -0.886. The molecule has 5 heteroatoms. The summed E-state index contributed by atoms with van der Waals surface area (Å²) in [7, 11) is 0. The number of carbonyl (C=O) groups is 2. The Labute approximate surface area is 161 Å². The van der Waals surface area contributed by atoms with Crippen molar-refractivity contribution in [3.63, 3.8) is 0 Å². The van der Waals surface area contributed by atoms with E-state index in [9.17, 15) is 14.0 Å². The Morgan fingerprint density at radius 1 is 1.04 bits per heavy atom. The fraction of sp³-hybridized carbons (Fsp3) is 0.0870. The summed E-state index contributed by atoms with van der Waals surface area (Å²) in [6.45, 7) is 1.55. The molecular formula is C23H17FN2O2. The number of aromatic amines is 1. The van der Waals surface area contributed by atoms with Gasteiger partial charge in [-0.1, -0.05) is 36.4 Å². The fourth-order valence-electron chi connectivity index (χ4n) is 3.40. The van der Waals surface area contributed by atoms with E-state index in [1.807, 2.05) is 30.3 Å². The molecule has 0 aliphatic heterocycles. The average molecular weight is 372 g/mol. The second-order valence-corrected chi connectivity index (χ2v) is 6.67. The number of rotatable bonds is 5. The molecule has 1 N–H and O–H groups in total. The van der Waals surface area contributed by atoms with Gasteiger partial charge in [-0.2, -0.15) is 0 Å². The van der Waals surface area contributed by atoms with E-state index in [4.69, 9.17) is 0 Å². The fourth-order valence-corrected chi connectivity index (χ4v) is 3.40. The van der Waals surface area contributed by atoms with Gasteiger partial charge in [-0.25, -0.2) is 9.37 Å². The summed E-state index contributed by atoms with van der Waals surface area (Å²) in [5, 5.41) is 0.635. The molecule has 0 bridgehead atoms. The molecule has 0 spiro atoms. The van der Waals surface area contributed by atoms with Crippen molar-refractivity contribution in [3.05, 3.63) is 89.5 Å². The van der Waals surface area contributed by atoms with Crippen molar-refractivity contribution >= 4 is 22.6 Å². The lowest BCUT2D eigenvalue weighted by Crippen LogP contribution is -2.04. The highest BCUT2D eigenvalue weighted by Gasteiger charge is 2.20. The van der Waals surface area contributed by atoms with Crippen LogP contribution in [0.25, 0.3) is 22.2 Å². The summed E-state index contributed by atoms with van der Waals surface area (Å²) >= 11 is 0. The topological polar surface area (TPSA) is 62.8 Å². The molecular weight excluding hydrogens is 355 g/mol. The van der Waals surface area contributed by atoms with E-state index in [-0.39, 0.29) is 11.3 Å². The van der Waals surface area contributed by atoms with Crippen molar-refractivity contribution < 1.29 is 14.0 Å². The first kappa shape index (κ1) is 17.8. The first-order chi connectivity index (χ1) is 13.5. The minimum Gasteiger partial charge on any atom is -0.345 e. The van der Waals surface area contributed by atoms with Gasteiger partial charge < -0.3 is 4.98 Å². The minimum absolute atomic E-state index is 0.0172.